The van der Waals surface area contributed by atoms with E-state index in [9.17, 15) is 9.59 Å². The third-order valence-electron chi connectivity index (χ3n) is 4.39. The van der Waals surface area contributed by atoms with Gasteiger partial charge in [0.05, 0.1) is 12.5 Å². The highest BCUT2D eigenvalue weighted by atomic mass is 16.5. The lowest BCUT2D eigenvalue weighted by atomic mass is 10.1. The van der Waals surface area contributed by atoms with E-state index in [-0.39, 0.29) is 17.9 Å². The molecule has 1 aliphatic rings. The maximum Gasteiger partial charge on any atom is 0.312 e. The average molecular weight is 350 g/mol. The summed E-state index contributed by atoms with van der Waals surface area (Å²) in [7, 11) is 0. The third-order valence-corrected chi connectivity index (χ3v) is 4.39. The summed E-state index contributed by atoms with van der Waals surface area (Å²) in [6.45, 7) is 3.74. The molecule has 0 amide bonds. The zero-order valence-corrected chi connectivity index (χ0v) is 15.9. The van der Waals surface area contributed by atoms with Gasteiger partial charge in [-0.3, -0.25) is 9.59 Å². The van der Waals surface area contributed by atoms with E-state index >= 15 is 0 Å². The van der Waals surface area contributed by atoms with Crippen LogP contribution in [-0.2, 0) is 19.1 Å². The maximum absolute atomic E-state index is 11.9. The van der Waals surface area contributed by atoms with Crippen molar-refractivity contribution in [3.05, 3.63) is 24.0 Å². The third kappa shape index (κ3) is 11.6. The topological polar surface area (TPSA) is 52.6 Å². The Bertz CT molecular complexity index is 451. The van der Waals surface area contributed by atoms with E-state index in [1.54, 1.807) is 18.2 Å². The Balaban J connectivity index is 2.60. The van der Waals surface area contributed by atoms with Gasteiger partial charge in [0, 0.05) is 13.3 Å². The molecule has 25 heavy (non-hydrogen) atoms. The first-order valence-electron chi connectivity index (χ1n) is 9.82. The Morgan fingerprint density at radius 2 is 1.56 bits per heavy atom. The molecule has 0 fully saturated rings. The van der Waals surface area contributed by atoms with Gasteiger partial charge in [-0.15, -0.1) is 0 Å². The van der Waals surface area contributed by atoms with Crippen LogP contribution in [0.3, 0.4) is 0 Å². The van der Waals surface area contributed by atoms with Crippen molar-refractivity contribution in [3.63, 3.8) is 0 Å². The number of rotatable bonds is 1. The molecule has 1 rings (SSSR count). The van der Waals surface area contributed by atoms with Crippen LogP contribution in [0.25, 0.3) is 0 Å². The molecule has 1 aliphatic heterocycles. The van der Waals surface area contributed by atoms with Crippen molar-refractivity contribution in [3.8, 4) is 0 Å². The molecule has 0 N–H and O–H groups in total. The summed E-state index contributed by atoms with van der Waals surface area (Å²) in [6.07, 6.45) is 18.0. The van der Waals surface area contributed by atoms with Gasteiger partial charge < -0.3 is 9.47 Å². The fraction of sp³-hybridized carbons (Fsp3) is 0.714. The smallest absolute Gasteiger partial charge is 0.312 e. The van der Waals surface area contributed by atoms with Crippen molar-refractivity contribution >= 4 is 11.9 Å². The van der Waals surface area contributed by atoms with Gasteiger partial charge in [0.15, 0.2) is 0 Å². The minimum Gasteiger partial charge on any atom is -0.465 e. The van der Waals surface area contributed by atoms with Crippen molar-refractivity contribution in [2.24, 2.45) is 5.92 Å². The number of hydrogen-bond acceptors (Lipinski definition) is 4. The number of ether oxygens (including phenoxy) is 2. The fourth-order valence-corrected chi connectivity index (χ4v) is 2.88. The van der Waals surface area contributed by atoms with Crippen LogP contribution in [0.2, 0.25) is 0 Å². The number of cyclic esters (lactones) is 1. The van der Waals surface area contributed by atoms with E-state index < -0.39 is 0 Å². The Kier molecular flexibility index (Phi) is 11.7. The van der Waals surface area contributed by atoms with Gasteiger partial charge in [0.25, 0.3) is 0 Å². The highest BCUT2D eigenvalue weighted by Gasteiger charge is 2.10. The van der Waals surface area contributed by atoms with Crippen molar-refractivity contribution in [2.45, 2.75) is 84.5 Å². The molecular weight excluding hydrogens is 316 g/mol. The molecule has 0 bridgehead atoms. The summed E-state index contributed by atoms with van der Waals surface area (Å²) in [5.41, 5.74) is 0. The Morgan fingerprint density at radius 3 is 2.16 bits per heavy atom. The van der Waals surface area contributed by atoms with E-state index in [2.05, 4.69) is 0 Å². The molecule has 0 aromatic heterocycles. The van der Waals surface area contributed by atoms with E-state index in [4.69, 9.17) is 9.47 Å². The molecule has 0 aliphatic carbocycles. The van der Waals surface area contributed by atoms with Crippen molar-refractivity contribution in [2.75, 3.05) is 6.61 Å². The van der Waals surface area contributed by atoms with Gasteiger partial charge >= 0.3 is 11.9 Å². The van der Waals surface area contributed by atoms with E-state index in [0.717, 1.165) is 32.1 Å². The molecule has 0 spiro atoms. The number of hydrogen-bond donors (Lipinski definition) is 0. The van der Waals surface area contributed by atoms with E-state index in [1.165, 1.54) is 45.4 Å². The predicted octanol–water partition coefficient (Wildman–Crippen LogP) is 5.47. The summed E-state index contributed by atoms with van der Waals surface area (Å²) in [6, 6.07) is 0. The predicted molar refractivity (Wildman–Crippen MR) is 99.9 cm³/mol. The van der Waals surface area contributed by atoms with Gasteiger partial charge in [-0.05, 0) is 25.8 Å². The quantitative estimate of drug-likeness (QED) is 0.588. The second kappa shape index (κ2) is 13.7. The Morgan fingerprint density at radius 1 is 1.00 bits per heavy atom. The second-order valence-electron chi connectivity index (χ2n) is 6.85. The molecule has 0 radical (unpaired) electrons. The van der Waals surface area contributed by atoms with Gasteiger partial charge in [-0.2, -0.15) is 0 Å². The standard InChI is InChI=1S/C21H34O4/c1-18-14-13-16-20(25-19(2)22)15-11-9-7-5-3-4-6-8-10-12-17-24-21(18)23/h13-14,16,18H,3-12,15,17H2,1-2H3/b14-13-,20-16+. The number of carbonyl (C=O) groups is 2. The minimum absolute atomic E-state index is 0.198. The minimum atomic E-state index is -0.300. The first-order valence-corrected chi connectivity index (χ1v) is 9.82. The van der Waals surface area contributed by atoms with Crippen LogP contribution in [-0.4, -0.2) is 18.5 Å². The lowest BCUT2D eigenvalue weighted by Crippen LogP contribution is -2.13. The molecule has 142 valence electrons. The zero-order chi connectivity index (χ0) is 18.3. The van der Waals surface area contributed by atoms with Gasteiger partial charge in [-0.1, -0.05) is 63.5 Å². The molecule has 0 aromatic rings. The summed E-state index contributed by atoms with van der Waals surface area (Å²) < 4.78 is 10.6. The SMILES string of the molecule is CC(=O)O/C1=C/C=C\C(C)C(=O)OCCCCCCCCCCCC1. The molecule has 4 nitrogen and oxygen atoms in total. The number of esters is 2. The molecule has 0 aromatic carbocycles. The normalized spacial score (nSPS) is 26.1. The molecule has 1 unspecified atom stereocenters. The summed E-state index contributed by atoms with van der Waals surface area (Å²) in [5, 5.41) is 0. The van der Waals surface area contributed by atoms with E-state index in [1.807, 2.05) is 6.92 Å². The monoisotopic (exact) mass is 350 g/mol. The first kappa shape index (κ1) is 21.5. The molecule has 1 atom stereocenters. The van der Waals surface area contributed by atoms with Crippen LogP contribution < -0.4 is 0 Å². The van der Waals surface area contributed by atoms with Crippen LogP contribution >= 0.6 is 0 Å². The summed E-state index contributed by atoms with van der Waals surface area (Å²) in [4.78, 5) is 23.2. The van der Waals surface area contributed by atoms with Crippen molar-refractivity contribution < 1.29 is 19.1 Å². The molecule has 4 heteroatoms. The van der Waals surface area contributed by atoms with Crippen molar-refractivity contribution in [1.82, 2.24) is 0 Å². The van der Waals surface area contributed by atoms with Gasteiger partial charge in [0.2, 0.25) is 0 Å². The van der Waals surface area contributed by atoms with E-state index in [0.29, 0.717) is 12.4 Å². The summed E-state index contributed by atoms with van der Waals surface area (Å²) >= 11 is 0. The van der Waals surface area contributed by atoms with Gasteiger partial charge in [-0.25, -0.2) is 0 Å². The van der Waals surface area contributed by atoms with Crippen LogP contribution in [0, 0.1) is 5.92 Å². The van der Waals surface area contributed by atoms with Gasteiger partial charge in [0.1, 0.15) is 5.76 Å². The molecular formula is C21H34O4. The summed E-state index contributed by atoms with van der Waals surface area (Å²) in [5.74, 6) is -0.124. The maximum atomic E-state index is 11.9. The number of allylic oxidation sites excluding steroid dienone is 3. The van der Waals surface area contributed by atoms with Crippen LogP contribution in [0.4, 0.5) is 0 Å². The number of carbonyl (C=O) groups excluding carboxylic acids is 2. The van der Waals surface area contributed by atoms with Crippen molar-refractivity contribution in [1.29, 1.82) is 0 Å². The second-order valence-corrected chi connectivity index (χ2v) is 6.85. The lowest BCUT2D eigenvalue weighted by Gasteiger charge is -2.08. The molecule has 0 saturated heterocycles. The highest BCUT2D eigenvalue weighted by Crippen LogP contribution is 2.15. The first-order chi connectivity index (χ1) is 12.1. The molecule has 1 heterocycles. The largest absolute Gasteiger partial charge is 0.465 e. The van der Waals surface area contributed by atoms with Crippen LogP contribution in [0.15, 0.2) is 24.0 Å². The van der Waals surface area contributed by atoms with Crippen LogP contribution in [0.1, 0.15) is 84.5 Å². The Hall–Kier alpha value is -1.58. The fourth-order valence-electron chi connectivity index (χ4n) is 2.88. The Labute approximate surface area is 152 Å². The van der Waals surface area contributed by atoms with Crippen LogP contribution in [0.5, 0.6) is 0 Å². The molecule has 0 saturated carbocycles. The zero-order valence-electron chi connectivity index (χ0n) is 15.9. The highest BCUT2D eigenvalue weighted by molar-refractivity contribution is 5.74. The average Bonchev–Trinajstić information content (AvgIpc) is 2.57. The lowest BCUT2D eigenvalue weighted by molar-refractivity contribution is -0.146.